The molecule has 3 nitrogen and oxygen atoms in total. The summed E-state index contributed by atoms with van der Waals surface area (Å²) in [4.78, 5) is 0. The molecule has 3 heteroatoms. The fourth-order valence-electron chi connectivity index (χ4n) is 1.66. The highest BCUT2D eigenvalue weighted by Gasteiger charge is 2.03. The van der Waals surface area contributed by atoms with Gasteiger partial charge in [-0.2, -0.15) is 0 Å². The van der Waals surface area contributed by atoms with Gasteiger partial charge in [0.15, 0.2) is 0 Å². The number of fused-ring (bicyclic) bond motifs is 1. The molecule has 0 heterocycles. The molecule has 0 saturated carbocycles. The summed E-state index contributed by atoms with van der Waals surface area (Å²) in [5, 5.41) is 2.07. The maximum Gasteiger partial charge on any atom is 0.127 e. The molecule has 0 saturated heterocycles. The van der Waals surface area contributed by atoms with E-state index in [2.05, 4.69) is 0 Å². The monoisotopic (exact) mass is 217 g/mol. The fourth-order valence-corrected chi connectivity index (χ4v) is 1.66. The van der Waals surface area contributed by atoms with Gasteiger partial charge in [-0.05, 0) is 12.1 Å². The van der Waals surface area contributed by atoms with E-state index >= 15 is 0 Å². The van der Waals surface area contributed by atoms with Gasteiger partial charge in [0.05, 0.1) is 6.61 Å². The molecule has 0 unspecified atom stereocenters. The highest BCUT2D eigenvalue weighted by Crippen LogP contribution is 2.29. The summed E-state index contributed by atoms with van der Waals surface area (Å²) in [6, 6.07) is 11.7. The summed E-state index contributed by atoms with van der Waals surface area (Å²) in [5.74, 6) is 0.849. The molecule has 2 rings (SSSR count). The Hall–Kier alpha value is -1.74. The Kier molecular flexibility index (Phi) is 3.27. The minimum atomic E-state index is 0.546. The van der Waals surface area contributed by atoms with Crippen molar-refractivity contribution in [3.8, 4) is 5.75 Å². The standard InChI is InChI=1S/C13H15NO2/c1-15-8-9-16-13-7-6-12(14)10-4-2-3-5-11(10)13/h2-7H,8-9,14H2,1H3. The third kappa shape index (κ3) is 2.09. The van der Waals surface area contributed by atoms with E-state index in [4.69, 9.17) is 15.2 Å². The first kappa shape index (κ1) is 10.8. The van der Waals surface area contributed by atoms with Crippen molar-refractivity contribution in [3.63, 3.8) is 0 Å². The predicted molar refractivity (Wildman–Crippen MR) is 65.7 cm³/mol. The number of methoxy groups -OCH3 is 1. The van der Waals surface area contributed by atoms with Crippen LogP contribution in [0.4, 0.5) is 5.69 Å². The summed E-state index contributed by atoms with van der Waals surface area (Å²) in [5.41, 5.74) is 6.67. The first-order valence-electron chi connectivity index (χ1n) is 5.22. The molecule has 0 amide bonds. The fraction of sp³-hybridized carbons (Fsp3) is 0.231. The molecule has 0 bridgehead atoms. The second kappa shape index (κ2) is 4.86. The van der Waals surface area contributed by atoms with Crippen LogP contribution in [0.25, 0.3) is 10.8 Å². The van der Waals surface area contributed by atoms with Crippen LogP contribution in [0.2, 0.25) is 0 Å². The van der Waals surface area contributed by atoms with Crippen molar-refractivity contribution in [2.45, 2.75) is 0 Å². The number of benzene rings is 2. The minimum Gasteiger partial charge on any atom is -0.491 e. The predicted octanol–water partition coefficient (Wildman–Crippen LogP) is 2.45. The highest BCUT2D eigenvalue weighted by atomic mass is 16.5. The molecule has 0 atom stereocenters. The summed E-state index contributed by atoms with van der Waals surface area (Å²) >= 11 is 0. The molecule has 0 aliphatic rings. The Balaban J connectivity index is 2.35. The Morgan fingerprint density at radius 3 is 2.50 bits per heavy atom. The van der Waals surface area contributed by atoms with E-state index in [0.29, 0.717) is 13.2 Å². The van der Waals surface area contributed by atoms with Crippen LogP contribution in [-0.4, -0.2) is 20.3 Å². The Bertz CT molecular complexity index is 482. The molecular formula is C13H15NO2. The van der Waals surface area contributed by atoms with Crippen molar-refractivity contribution in [3.05, 3.63) is 36.4 Å². The van der Waals surface area contributed by atoms with Crippen LogP contribution in [0.15, 0.2) is 36.4 Å². The van der Waals surface area contributed by atoms with Gasteiger partial charge in [-0.15, -0.1) is 0 Å². The third-order valence-electron chi connectivity index (χ3n) is 2.46. The first-order chi connectivity index (χ1) is 7.83. The Morgan fingerprint density at radius 2 is 1.75 bits per heavy atom. The van der Waals surface area contributed by atoms with Crippen LogP contribution in [0.1, 0.15) is 0 Å². The topological polar surface area (TPSA) is 44.5 Å². The average molecular weight is 217 g/mol. The molecule has 0 aliphatic heterocycles. The molecule has 0 aliphatic carbocycles. The molecule has 0 aromatic heterocycles. The van der Waals surface area contributed by atoms with Gasteiger partial charge in [0.1, 0.15) is 12.4 Å². The Morgan fingerprint density at radius 1 is 1.00 bits per heavy atom. The van der Waals surface area contributed by atoms with Gasteiger partial charge >= 0.3 is 0 Å². The number of nitrogen functional groups attached to an aromatic ring is 1. The lowest BCUT2D eigenvalue weighted by molar-refractivity contribution is 0.147. The van der Waals surface area contributed by atoms with Crippen LogP contribution < -0.4 is 10.5 Å². The maximum absolute atomic E-state index is 5.90. The quantitative estimate of drug-likeness (QED) is 0.632. The number of nitrogens with two attached hydrogens (primary N) is 1. The van der Waals surface area contributed by atoms with Crippen LogP contribution in [-0.2, 0) is 4.74 Å². The second-order valence-corrected chi connectivity index (χ2v) is 3.54. The summed E-state index contributed by atoms with van der Waals surface area (Å²) in [6.07, 6.45) is 0. The van der Waals surface area contributed by atoms with Gasteiger partial charge in [-0.3, -0.25) is 0 Å². The maximum atomic E-state index is 5.90. The van der Waals surface area contributed by atoms with E-state index < -0.39 is 0 Å². The van der Waals surface area contributed by atoms with Crippen LogP contribution >= 0.6 is 0 Å². The molecule has 2 aromatic carbocycles. The smallest absolute Gasteiger partial charge is 0.127 e. The van der Waals surface area contributed by atoms with Gasteiger partial charge in [0, 0.05) is 23.6 Å². The molecule has 0 fully saturated rings. The normalized spacial score (nSPS) is 10.6. The molecule has 2 N–H and O–H groups in total. The van der Waals surface area contributed by atoms with Gasteiger partial charge in [-0.25, -0.2) is 0 Å². The zero-order valence-electron chi connectivity index (χ0n) is 9.27. The summed E-state index contributed by atoms with van der Waals surface area (Å²) < 4.78 is 10.6. The van der Waals surface area contributed by atoms with E-state index in [9.17, 15) is 0 Å². The molecule has 16 heavy (non-hydrogen) atoms. The Labute approximate surface area is 94.8 Å². The summed E-state index contributed by atoms with van der Waals surface area (Å²) in [7, 11) is 1.66. The number of hydrogen-bond acceptors (Lipinski definition) is 3. The number of anilines is 1. The average Bonchev–Trinajstić information content (AvgIpc) is 2.33. The number of rotatable bonds is 4. The van der Waals surface area contributed by atoms with E-state index in [-0.39, 0.29) is 0 Å². The van der Waals surface area contributed by atoms with Gasteiger partial charge in [0.2, 0.25) is 0 Å². The van der Waals surface area contributed by atoms with E-state index in [1.165, 1.54) is 0 Å². The number of hydrogen-bond donors (Lipinski definition) is 1. The van der Waals surface area contributed by atoms with E-state index in [1.54, 1.807) is 7.11 Å². The number of ether oxygens (including phenoxy) is 2. The lowest BCUT2D eigenvalue weighted by atomic mass is 10.1. The van der Waals surface area contributed by atoms with E-state index in [1.807, 2.05) is 36.4 Å². The third-order valence-corrected chi connectivity index (χ3v) is 2.46. The molecule has 2 aromatic rings. The van der Waals surface area contributed by atoms with Gasteiger partial charge < -0.3 is 15.2 Å². The zero-order valence-corrected chi connectivity index (χ0v) is 9.27. The van der Waals surface area contributed by atoms with Gasteiger partial charge in [0.25, 0.3) is 0 Å². The largest absolute Gasteiger partial charge is 0.491 e. The van der Waals surface area contributed by atoms with Crippen molar-refractivity contribution in [2.24, 2.45) is 0 Å². The molecule has 0 spiro atoms. The molecule has 0 radical (unpaired) electrons. The zero-order chi connectivity index (χ0) is 11.4. The van der Waals surface area contributed by atoms with Crippen LogP contribution in [0, 0.1) is 0 Å². The van der Waals surface area contributed by atoms with Crippen LogP contribution in [0.3, 0.4) is 0 Å². The second-order valence-electron chi connectivity index (χ2n) is 3.54. The van der Waals surface area contributed by atoms with Crippen LogP contribution in [0.5, 0.6) is 5.75 Å². The van der Waals surface area contributed by atoms with Crippen molar-refractivity contribution in [2.75, 3.05) is 26.1 Å². The van der Waals surface area contributed by atoms with E-state index in [0.717, 1.165) is 22.2 Å². The van der Waals surface area contributed by atoms with Crippen molar-refractivity contribution < 1.29 is 9.47 Å². The van der Waals surface area contributed by atoms with Crippen molar-refractivity contribution >= 4 is 16.5 Å². The molecular weight excluding hydrogens is 202 g/mol. The van der Waals surface area contributed by atoms with Crippen molar-refractivity contribution in [1.29, 1.82) is 0 Å². The minimum absolute atomic E-state index is 0.546. The SMILES string of the molecule is COCCOc1ccc(N)c2ccccc12. The first-order valence-corrected chi connectivity index (χ1v) is 5.22. The van der Waals surface area contributed by atoms with Crippen molar-refractivity contribution in [1.82, 2.24) is 0 Å². The summed E-state index contributed by atoms with van der Waals surface area (Å²) in [6.45, 7) is 1.13. The lowest BCUT2D eigenvalue weighted by Gasteiger charge is -2.10. The lowest BCUT2D eigenvalue weighted by Crippen LogP contribution is -2.04. The molecule has 84 valence electrons. The van der Waals surface area contributed by atoms with Gasteiger partial charge in [-0.1, -0.05) is 24.3 Å². The highest BCUT2D eigenvalue weighted by molar-refractivity contribution is 5.96.